The first-order chi connectivity index (χ1) is 9.54. The third-order valence-electron chi connectivity index (χ3n) is 3.09. The van der Waals surface area contributed by atoms with Gasteiger partial charge >= 0.3 is 5.69 Å². The summed E-state index contributed by atoms with van der Waals surface area (Å²) in [6.07, 6.45) is -2.15. The summed E-state index contributed by atoms with van der Waals surface area (Å²) in [6.45, 7) is 2.59. The van der Waals surface area contributed by atoms with Crippen molar-refractivity contribution in [2.45, 2.75) is 37.9 Å². The van der Waals surface area contributed by atoms with Crippen LogP contribution in [0.1, 0.15) is 19.6 Å². The van der Waals surface area contributed by atoms with Gasteiger partial charge in [0, 0.05) is 18.9 Å². The van der Waals surface area contributed by atoms with Crippen LogP contribution in [0.3, 0.4) is 0 Å². The Morgan fingerprint density at radius 1 is 1.40 bits per heavy atom. The monoisotopic (exact) mass is 286 g/mol. The van der Waals surface area contributed by atoms with Crippen LogP contribution in [-0.4, -0.2) is 51.3 Å². The molecule has 0 unspecified atom stereocenters. The van der Waals surface area contributed by atoms with Gasteiger partial charge in [0.1, 0.15) is 18.3 Å². The predicted octanol–water partition coefficient (Wildman–Crippen LogP) is -1.42. The van der Waals surface area contributed by atoms with Crippen LogP contribution in [0.4, 0.5) is 0 Å². The molecule has 0 aliphatic carbocycles. The summed E-state index contributed by atoms with van der Waals surface area (Å²) < 4.78 is 11.8. The smallest absolute Gasteiger partial charge is 0.330 e. The number of aliphatic hydroxyl groups is 2. The summed E-state index contributed by atoms with van der Waals surface area (Å²) in [6, 6.07) is 1.14. The molecular formula is C12H18N2O6. The molecule has 1 saturated heterocycles. The molecule has 1 aliphatic rings. The van der Waals surface area contributed by atoms with Gasteiger partial charge in [-0.15, -0.1) is 0 Å². The molecule has 0 radical (unpaired) electrons. The average Bonchev–Trinajstić information content (AvgIpc) is 2.68. The van der Waals surface area contributed by atoms with E-state index in [4.69, 9.17) is 9.47 Å². The molecule has 0 saturated carbocycles. The molecule has 8 heteroatoms. The Hall–Kier alpha value is -1.48. The number of H-pyrrole nitrogens is 1. The van der Waals surface area contributed by atoms with Gasteiger partial charge in [-0.25, -0.2) is 4.79 Å². The van der Waals surface area contributed by atoms with Crippen LogP contribution in [0.15, 0.2) is 21.9 Å². The summed E-state index contributed by atoms with van der Waals surface area (Å²) in [4.78, 5) is 24.7. The van der Waals surface area contributed by atoms with Crippen molar-refractivity contribution in [1.82, 2.24) is 9.55 Å². The second kappa shape index (κ2) is 6.31. The summed E-state index contributed by atoms with van der Waals surface area (Å²) >= 11 is 0. The van der Waals surface area contributed by atoms with Gasteiger partial charge in [0.15, 0.2) is 6.23 Å². The highest BCUT2D eigenvalue weighted by molar-refractivity contribution is 4.93. The molecule has 1 aromatic heterocycles. The van der Waals surface area contributed by atoms with Crippen LogP contribution in [0.2, 0.25) is 0 Å². The number of ether oxygens (including phenoxy) is 2. The molecule has 1 aromatic rings. The molecule has 0 amide bonds. The van der Waals surface area contributed by atoms with Gasteiger partial charge < -0.3 is 19.7 Å². The number of aromatic nitrogens is 2. The van der Waals surface area contributed by atoms with Crippen LogP contribution in [-0.2, 0) is 9.47 Å². The molecule has 2 heterocycles. The van der Waals surface area contributed by atoms with E-state index >= 15 is 0 Å². The second-order valence-electron chi connectivity index (χ2n) is 4.64. The number of hydrogen-bond donors (Lipinski definition) is 3. The van der Waals surface area contributed by atoms with E-state index in [0.29, 0.717) is 6.61 Å². The van der Waals surface area contributed by atoms with Crippen molar-refractivity contribution in [3.05, 3.63) is 33.1 Å². The molecule has 1 aliphatic heterocycles. The number of rotatable bonds is 5. The van der Waals surface area contributed by atoms with Gasteiger partial charge in [-0.1, -0.05) is 6.92 Å². The van der Waals surface area contributed by atoms with E-state index in [1.165, 1.54) is 6.20 Å². The fraction of sp³-hybridized carbons (Fsp3) is 0.667. The van der Waals surface area contributed by atoms with Crippen LogP contribution in [0, 0.1) is 0 Å². The maximum atomic E-state index is 11.6. The molecule has 20 heavy (non-hydrogen) atoms. The zero-order chi connectivity index (χ0) is 14.7. The van der Waals surface area contributed by atoms with Crippen LogP contribution in [0.25, 0.3) is 0 Å². The largest absolute Gasteiger partial charge is 0.387 e. The summed E-state index contributed by atoms with van der Waals surface area (Å²) in [5.74, 6) is 0. The first kappa shape index (κ1) is 14.9. The SMILES string of the molecule is CCCOC[C@H]1O[C@@H](n2ccc(=O)[nH]c2=O)[C@H](O)[C@@H]1O. The summed E-state index contributed by atoms with van der Waals surface area (Å²) in [7, 11) is 0. The number of hydrogen-bond acceptors (Lipinski definition) is 6. The maximum absolute atomic E-state index is 11.6. The lowest BCUT2D eigenvalue weighted by Gasteiger charge is -2.16. The zero-order valence-corrected chi connectivity index (χ0v) is 11.1. The first-order valence-electron chi connectivity index (χ1n) is 6.45. The van der Waals surface area contributed by atoms with Gasteiger partial charge in [-0.2, -0.15) is 0 Å². The van der Waals surface area contributed by atoms with Crippen molar-refractivity contribution in [2.24, 2.45) is 0 Å². The minimum absolute atomic E-state index is 0.126. The predicted molar refractivity (Wildman–Crippen MR) is 68.4 cm³/mol. The molecule has 8 nitrogen and oxygen atoms in total. The Morgan fingerprint density at radius 3 is 2.80 bits per heavy atom. The second-order valence-corrected chi connectivity index (χ2v) is 4.64. The lowest BCUT2D eigenvalue weighted by Crippen LogP contribution is -2.37. The molecular weight excluding hydrogens is 268 g/mol. The van der Waals surface area contributed by atoms with E-state index in [1.807, 2.05) is 6.92 Å². The Labute approximate surface area is 114 Å². The molecule has 112 valence electrons. The Balaban J connectivity index is 2.13. The van der Waals surface area contributed by atoms with E-state index < -0.39 is 35.8 Å². The van der Waals surface area contributed by atoms with Crippen molar-refractivity contribution in [3.63, 3.8) is 0 Å². The molecule has 2 rings (SSSR count). The van der Waals surface area contributed by atoms with Gasteiger partial charge in [0.2, 0.25) is 0 Å². The van der Waals surface area contributed by atoms with E-state index in [0.717, 1.165) is 17.1 Å². The normalized spacial score (nSPS) is 29.8. The van der Waals surface area contributed by atoms with Crippen LogP contribution >= 0.6 is 0 Å². The summed E-state index contributed by atoms with van der Waals surface area (Å²) in [5, 5.41) is 19.8. The molecule has 0 bridgehead atoms. The van der Waals surface area contributed by atoms with E-state index in [9.17, 15) is 19.8 Å². The Bertz CT molecular complexity index is 553. The third kappa shape index (κ3) is 2.98. The molecule has 3 N–H and O–H groups in total. The lowest BCUT2D eigenvalue weighted by atomic mass is 10.1. The van der Waals surface area contributed by atoms with Gasteiger partial charge in [-0.05, 0) is 6.42 Å². The van der Waals surface area contributed by atoms with E-state index in [-0.39, 0.29) is 6.61 Å². The molecule has 0 spiro atoms. The van der Waals surface area contributed by atoms with E-state index in [1.54, 1.807) is 0 Å². The van der Waals surface area contributed by atoms with Crippen LogP contribution in [0.5, 0.6) is 0 Å². The number of nitrogens with zero attached hydrogens (tertiary/aromatic N) is 1. The maximum Gasteiger partial charge on any atom is 0.330 e. The number of aromatic amines is 1. The number of nitrogens with one attached hydrogen (secondary N) is 1. The molecule has 1 fully saturated rings. The highest BCUT2D eigenvalue weighted by Gasteiger charge is 2.44. The molecule has 4 atom stereocenters. The van der Waals surface area contributed by atoms with E-state index in [2.05, 4.69) is 4.98 Å². The number of aliphatic hydroxyl groups excluding tert-OH is 2. The highest BCUT2D eigenvalue weighted by Crippen LogP contribution is 2.28. The summed E-state index contributed by atoms with van der Waals surface area (Å²) in [5.41, 5.74) is -1.24. The van der Waals surface area contributed by atoms with Gasteiger partial charge in [0.05, 0.1) is 6.61 Å². The standard InChI is InChI=1S/C12H18N2O6/c1-2-5-19-6-7-9(16)10(17)11(20-7)14-4-3-8(15)13-12(14)18/h3-4,7,9-11,16-17H,2,5-6H2,1H3,(H,13,15,18)/t7-,9-,10-,11-/m1/s1. The highest BCUT2D eigenvalue weighted by atomic mass is 16.6. The van der Waals surface area contributed by atoms with Crippen molar-refractivity contribution in [2.75, 3.05) is 13.2 Å². The zero-order valence-electron chi connectivity index (χ0n) is 11.1. The fourth-order valence-corrected chi connectivity index (χ4v) is 2.07. The fourth-order valence-electron chi connectivity index (χ4n) is 2.07. The van der Waals surface area contributed by atoms with Crippen LogP contribution < -0.4 is 11.2 Å². The third-order valence-corrected chi connectivity index (χ3v) is 3.09. The minimum Gasteiger partial charge on any atom is -0.387 e. The van der Waals surface area contributed by atoms with Crippen molar-refractivity contribution in [1.29, 1.82) is 0 Å². The van der Waals surface area contributed by atoms with Crippen molar-refractivity contribution >= 4 is 0 Å². The minimum atomic E-state index is -1.27. The lowest BCUT2D eigenvalue weighted by molar-refractivity contribution is -0.0682. The average molecular weight is 286 g/mol. The Morgan fingerprint density at radius 2 is 2.15 bits per heavy atom. The topological polar surface area (TPSA) is 114 Å². The first-order valence-corrected chi connectivity index (χ1v) is 6.45. The molecule has 0 aromatic carbocycles. The Kier molecular flexibility index (Phi) is 4.71. The van der Waals surface area contributed by atoms with Gasteiger partial charge in [-0.3, -0.25) is 14.3 Å². The van der Waals surface area contributed by atoms with Crippen molar-refractivity contribution < 1.29 is 19.7 Å². The van der Waals surface area contributed by atoms with Crippen molar-refractivity contribution in [3.8, 4) is 0 Å². The van der Waals surface area contributed by atoms with Gasteiger partial charge in [0.25, 0.3) is 5.56 Å². The quantitative estimate of drug-likeness (QED) is 0.573.